The van der Waals surface area contributed by atoms with Crippen molar-refractivity contribution in [1.29, 1.82) is 0 Å². The highest BCUT2D eigenvalue weighted by molar-refractivity contribution is 5.98. The summed E-state index contributed by atoms with van der Waals surface area (Å²) in [5.41, 5.74) is 0.479. The number of ketones is 1. The van der Waals surface area contributed by atoms with Crippen molar-refractivity contribution in [3.05, 3.63) is 29.8 Å². The van der Waals surface area contributed by atoms with E-state index in [1.54, 1.807) is 24.3 Å². The van der Waals surface area contributed by atoms with E-state index in [1.165, 1.54) is 14.0 Å². The number of methoxy groups -OCH3 is 1. The number of ether oxygens (including phenoxy) is 1. The first-order valence-electron chi connectivity index (χ1n) is 4.94. The molecule has 0 aliphatic heterocycles. The van der Waals surface area contributed by atoms with E-state index < -0.39 is 11.9 Å². The number of aliphatic carboxylic acids is 1. The second kappa shape index (κ2) is 5.30. The number of hydrogen-bond donors (Lipinski definition) is 1. The Labute approximate surface area is 93.9 Å². The molecule has 0 heterocycles. The fourth-order valence-electron chi connectivity index (χ4n) is 1.28. The molecule has 16 heavy (non-hydrogen) atoms. The van der Waals surface area contributed by atoms with Gasteiger partial charge >= 0.3 is 5.97 Å². The lowest BCUT2D eigenvalue weighted by Crippen LogP contribution is -2.14. The molecule has 0 bridgehead atoms. The van der Waals surface area contributed by atoms with Crippen molar-refractivity contribution in [3.63, 3.8) is 0 Å². The van der Waals surface area contributed by atoms with Gasteiger partial charge in [0.25, 0.3) is 0 Å². The monoisotopic (exact) mass is 222 g/mol. The topological polar surface area (TPSA) is 63.6 Å². The van der Waals surface area contributed by atoms with Gasteiger partial charge in [-0.05, 0) is 12.1 Å². The molecule has 0 fully saturated rings. The van der Waals surface area contributed by atoms with Crippen LogP contribution in [0.15, 0.2) is 24.3 Å². The van der Waals surface area contributed by atoms with Crippen LogP contribution in [0.3, 0.4) is 0 Å². The molecule has 4 heteroatoms. The van der Waals surface area contributed by atoms with Crippen LogP contribution < -0.4 is 4.74 Å². The van der Waals surface area contributed by atoms with E-state index in [-0.39, 0.29) is 12.2 Å². The standard InChI is InChI=1S/C12H14O4/c1-8(12(14)15)6-11(13)9-4-3-5-10(7-9)16-2/h3-5,7-8H,6H2,1-2H3,(H,14,15)/t8-/m1/s1. The van der Waals surface area contributed by atoms with Crippen LogP contribution >= 0.6 is 0 Å². The SMILES string of the molecule is COc1cccc(C(=O)C[C@@H](C)C(=O)O)c1. The van der Waals surface area contributed by atoms with Crippen molar-refractivity contribution in [2.75, 3.05) is 7.11 Å². The van der Waals surface area contributed by atoms with E-state index in [4.69, 9.17) is 9.84 Å². The third kappa shape index (κ3) is 3.08. The smallest absolute Gasteiger partial charge is 0.306 e. The molecule has 0 unspecified atom stereocenters. The van der Waals surface area contributed by atoms with Crippen LogP contribution in [0.2, 0.25) is 0 Å². The molecule has 1 atom stereocenters. The highest BCUT2D eigenvalue weighted by atomic mass is 16.5. The van der Waals surface area contributed by atoms with Gasteiger partial charge < -0.3 is 9.84 Å². The molecule has 86 valence electrons. The van der Waals surface area contributed by atoms with Gasteiger partial charge in [0.1, 0.15) is 5.75 Å². The van der Waals surface area contributed by atoms with Crippen LogP contribution in [-0.2, 0) is 4.79 Å². The molecule has 0 radical (unpaired) electrons. The van der Waals surface area contributed by atoms with Crippen molar-refractivity contribution in [1.82, 2.24) is 0 Å². The summed E-state index contributed by atoms with van der Waals surface area (Å²) in [6, 6.07) is 6.70. The minimum absolute atomic E-state index is 0.00248. The van der Waals surface area contributed by atoms with Crippen LogP contribution in [0.1, 0.15) is 23.7 Å². The maximum absolute atomic E-state index is 11.7. The predicted molar refractivity (Wildman–Crippen MR) is 58.7 cm³/mol. The van der Waals surface area contributed by atoms with E-state index in [1.807, 2.05) is 0 Å². The summed E-state index contributed by atoms with van der Waals surface area (Å²) in [4.78, 5) is 22.3. The third-order valence-electron chi connectivity index (χ3n) is 2.30. The Balaban J connectivity index is 2.76. The van der Waals surface area contributed by atoms with Crippen LogP contribution in [-0.4, -0.2) is 24.0 Å². The van der Waals surface area contributed by atoms with E-state index in [0.29, 0.717) is 11.3 Å². The van der Waals surface area contributed by atoms with E-state index in [2.05, 4.69) is 0 Å². The molecule has 4 nitrogen and oxygen atoms in total. The number of carboxylic acid groups (broad SMARTS) is 1. The van der Waals surface area contributed by atoms with Gasteiger partial charge in [-0.1, -0.05) is 19.1 Å². The summed E-state index contributed by atoms with van der Waals surface area (Å²) in [7, 11) is 1.52. The Morgan fingerprint density at radius 1 is 1.44 bits per heavy atom. The zero-order valence-corrected chi connectivity index (χ0v) is 9.27. The van der Waals surface area contributed by atoms with Crippen LogP contribution in [0.4, 0.5) is 0 Å². The number of carbonyl (C=O) groups is 2. The quantitative estimate of drug-likeness (QED) is 0.774. The summed E-state index contributed by atoms with van der Waals surface area (Å²) in [5.74, 6) is -1.22. The van der Waals surface area contributed by atoms with E-state index >= 15 is 0 Å². The number of Topliss-reactive ketones (excluding diaryl/α,β-unsaturated/α-hetero) is 1. The van der Waals surface area contributed by atoms with E-state index in [9.17, 15) is 9.59 Å². The summed E-state index contributed by atoms with van der Waals surface area (Å²) in [6.45, 7) is 1.51. The zero-order valence-electron chi connectivity index (χ0n) is 9.27. The third-order valence-corrected chi connectivity index (χ3v) is 2.30. The number of carbonyl (C=O) groups excluding carboxylic acids is 1. The molecule has 0 aromatic heterocycles. The number of benzene rings is 1. The first-order chi connectivity index (χ1) is 7.54. The van der Waals surface area contributed by atoms with Crippen LogP contribution in [0.5, 0.6) is 5.75 Å². The Morgan fingerprint density at radius 2 is 2.12 bits per heavy atom. The minimum atomic E-state index is -0.962. The average Bonchev–Trinajstić information content (AvgIpc) is 2.28. The molecule has 1 N–H and O–H groups in total. The molecule has 1 rings (SSSR count). The van der Waals surface area contributed by atoms with Crippen LogP contribution in [0, 0.1) is 5.92 Å². The van der Waals surface area contributed by atoms with E-state index in [0.717, 1.165) is 0 Å². The largest absolute Gasteiger partial charge is 0.497 e. The van der Waals surface area contributed by atoms with Gasteiger partial charge in [0.2, 0.25) is 0 Å². The normalized spacial score (nSPS) is 11.9. The highest BCUT2D eigenvalue weighted by Gasteiger charge is 2.17. The maximum atomic E-state index is 11.7. The number of carboxylic acids is 1. The van der Waals surface area contributed by atoms with Gasteiger partial charge in [-0.3, -0.25) is 9.59 Å². The Bertz CT molecular complexity index is 398. The molecule has 0 amide bonds. The van der Waals surface area contributed by atoms with Crippen molar-refractivity contribution in [2.24, 2.45) is 5.92 Å². The second-order valence-electron chi connectivity index (χ2n) is 3.60. The fourth-order valence-corrected chi connectivity index (χ4v) is 1.28. The molecular formula is C12H14O4. The second-order valence-corrected chi connectivity index (χ2v) is 3.60. The van der Waals surface area contributed by atoms with Crippen molar-refractivity contribution < 1.29 is 19.4 Å². The molecule has 0 aliphatic carbocycles. The van der Waals surface area contributed by atoms with Crippen molar-refractivity contribution in [3.8, 4) is 5.75 Å². The average molecular weight is 222 g/mol. The summed E-state index contributed by atoms with van der Waals surface area (Å²) >= 11 is 0. The lowest BCUT2D eigenvalue weighted by atomic mass is 10.00. The Kier molecular flexibility index (Phi) is 4.05. The maximum Gasteiger partial charge on any atom is 0.306 e. The van der Waals surface area contributed by atoms with Gasteiger partial charge in [0, 0.05) is 12.0 Å². The number of rotatable bonds is 5. The molecule has 0 saturated carbocycles. The van der Waals surface area contributed by atoms with Gasteiger partial charge in [0.15, 0.2) is 5.78 Å². The molecule has 0 saturated heterocycles. The van der Waals surface area contributed by atoms with Crippen molar-refractivity contribution >= 4 is 11.8 Å². The highest BCUT2D eigenvalue weighted by Crippen LogP contribution is 2.16. The fraction of sp³-hybridized carbons (Fsp3) is 0.333. The first kappa shape index (κ1) is 12.2. The molecule has 0 spiro atoms. The van der Waals surface area contributed by atoms with Gasteiger partial charge in [-0.15, -0.1) is 0 Å². The Morgan fingerprint density at radius 3 is 2.69 bits per heavy atom. The first-order valence-corrected chi connectivity index (χ1v) is 4.94. The van der Waals surface area contributed by atoms with Gasteiger partial charge in [-0.2, -0.15) is 0 Å². The summed E-state index contributed by atoms with van der Waals surface area (Å²) in [6.07, 6.45) is 0.00248. The van der Waals surface area contributed by atoms with Crippen LogP contribution in [0.25, 0.3) is 0 Å². The lowest BCUT2D eigenvalue weighted by Gasteiger charge is -2.06. The van der Waals surface area contributed by atoms with Gasteiger partial charge in [-0.25, -0.2) is 0 Å². The number of hydrogen-bond acceptors (Lipinski definition) is 3. The molecular weight excluding hydrogens is 208 g/mol. The van der Waals surface area contributed by atoms with Gasteiger partial charge in [0.05, 0.1) is 13.0 Å². The van der Waals surface area contributed by atoms with Crippen molar-refractivity contribution in [2.45, 2.75) is 13.3 Å². The predicted octanol–water partition coefficient (Wildman–Crippen LogP) is 1.99. The summed E-state index contributed by atoms with van der Waals surface area (Å²) in [5, 5.41) is 8.70. The molecule has 0 aliphatic rings. The molecule has 1 aromatic rings. The summed E-state index contributed by atoms with van der Waals surface area (Å²) < 4.78 is 4.99. The minimum Gasteiger partial charge on any atom is -0.497 e. The zero-order chi connectivity index (χ0) is 12.1. The lowest BCUT2D eigenvalue weighted by molar-refractivity contribution is -0.141. The molecule has 1 aromatic carbocycles. The Hall–Kier alpha value is -1.84.